The highest BCUT2D eigenvalue weighted by Crippen LogP contribution is 2.47. The Balaban J connectivity index is 1.40. The summed E-state index contributed by atoms with van der Waals surface area (Å²) in [6, 6.07) is 5.97. The number of fused-ring (bicyclic) bond motifs is 2. The molecule has 2 aromatic rings. The SMILES string of the molecule is O[C@H]1[C@@H]2CC[C@H]1C[C@@H](OCc1c(-c3ccccc3OC(F)(F)F)noc1C1CC1)C2. The smallest absolute Gasteiger partial charge is 0.405 e. The number of para-hydroxylation sites is 1. The minimum atomic E-state index is -4.79. The number of aliphatic hydroxyl groups is 1. The second kappa shape index (κ2) is 7.57. The maximum absolute atomic E-state index is 12.9. The molecule has 5 nitrogen and oxygen atoms in total. The van der Waals surface area contributed by atoms with Crippen LogP contribution >= 0.6 is 0 Å². The first-order chi connectivity index (χ1) is 14.4. The summed E-state index contributed by atoms with van der Waals surface area (Å²) in [4.78, 5) is 0. The van der Waals surface area contributed by atoms with Crippen molar-refractivity contribution in [1.82, 2.24) is 5.16 Å². The van der Waals surface area contributed by atoms with E-state index in [0.717, 1.165) is 38.5 Å². The normalized spacial score (nSPS) is 28.7. The Morgan fingerprint density at radius 3 is 2.43 bits per heavy atom. The van der Waals surface area contributed by atoms with Crippen molar-refractivity contribution in [3.05, 3.63) is 35.6 Å². The fourth-order valence-electron chi connectivity index (χ4n) is 4.99. The molecule has 4 atom stereocenters. The third kappa shape index (κ3) is 3.95. The fraction of sp³-hybridized carbons (Fsp3) is 0.591. The van der Waals surface area contributed by atoms with E-state index in [0.29, 0.717) is 17.0 Å². The highest BCUT2D eigenvalue weighted by Gasteiger charge is 2.42. The molecule has 162 valence electrons. The van der Waals surface area contributed by atoms with Gasteiger partial charge >= 0.3 is 6.36 Å². The third-order valence-electron chi connectivity index (χ3n) is 6.60. The van der Waals surface area contributed by atoms with E-state index >= 15 is 0 Å². The summed E-state index contributed by atoms with van der Waals surface area (Å²) in [5, 5.41) is 14.3. The zero-order chi connectivity index (χ0) is 20.9. The average molecular weight is 423 g/mol. The number of nitrogens with zero attached hydrogens (tertiary/aromatic N) is 1. The van der Waals surface area contributed by atoms with Crippen molar-refractivity contribution in [2.75, 3.05) is 0 Å². The molecular weight excluding hydrogens is 399 g/mol. The van der Waals surface area contributed by atoms with Crippen LogP contribution in [0.4, 0.5) is 13.2 Å². The second-order valence-electron chi connectivity index (χ2n) is 8.68. The first-order valence-electron chi connectivity index (χ1n) is 10.5. The Labute approximate surface area is 172 Å². The minimum absolute atomic E-state index is 0.0300. The Kier molecular flexibility index (Phi) is 5.01. The molecule has 0 radical (unpaired) electrons. The average Bonchev–Trinajstić information content (AvgIpc) is 3.42. The number of hydrogen-bond donors (Lipinski definition) is 1. The molecule has 3 aliphatic carbocycles. The molecule has 1 N–H and O–H groups in total. The van der Waals surface area contributed by atoms with Crippen LogP contribution in [0.5, 0.6) is 5.75 Å². The topological polar surface area (TPSA) is 64.7 Å². The molecule has 0 spiro atoms. The summed E-state index contributed by atoms with van der Waals surface area (Å²) >= 11 is 0. The maximum atomic E-state index is 12.9. The number of aromatic nitrogens is 1. The molecule has 2 bridgehead atoms. The van der Waals surface area contributed by atoms with Crippen molar-refractivity contribution in [2.24, 2.45) is 11.8 Å². The van der Waals surface area contributed by atoms with E-state index in [1.807, 2.05) is 0 Å². The van der Waals surface area contributed by atoms with Crippen LogP contribution < -0.4 is 4.74 Å². The lowest BCUT2D eigenvalue weighted by Gasteiger charge is -2.32. The van der Waals surface area contributed by atoms with E-state index in [2.05, 4.69) is 9.89 Å². The van der Waals surface area contributed by atoms with Crippen molar-refractivity contribution in [1.29, 1.82) is 0 Å². The van der Waals surface area contributed by atoms with Gasteiger partial charge in [0.2, 0.25) is 0 Å². The predicted octanol–water partition coefficient (Wildman–Crippen LogP) is 5.18. The molecule has 30 heavy (non-hydrogen) atoms. The first kappa shape index (κ1) is 19.9. The third-order valence-corrected chi connectivity index (χ3v) is 6.60. The van der Waals surface area contributed by atoms with Crippen LogP contribution in [0, 0.1) is 11.8 Å². The Bertz CT molecular complexity index is 894. The van der Waals surface area contributed by atoms with E-state index in [9.17, 15) is 18.3 Å². The Morgan fingerprint density at radius 1 is 1.07 bits per heavy atom. The molecule has 3 aliphatic rings. The van der Waals surface area contributed by atoms with Crippen molar-refractivity contribution in [3.8, 4) is 17.0 Å². The van der Waals surface area contributed by atoms with E-state index in [-0.39, 0.29) is 47.9 Å². The van der Waals surface area contributed by atoms with E-state index < -0.39 is 6.36 Å². The summed E-state index contributed by atoms with van der Waals surface area (Å²) in [6.07, 6.45) is 0.629. The molecule has 5 rings (SSSR count). The molecule has 8 heteroatoms. The molecule has 1 aromatic heterocycles. The van der Waals surface area contributed by atoms with Gasteiger partial charge in [-0.3, -0.25) is 0 Å². The van der Waals surface area contributed by atoms with Gasteiger partial charge in [-0.2, -0.15) is 0 Å². The lowest BCUT2D eigenvalue weighted by molar-refractivity contribution is -0.274. The van der Waals surface area contributed by atoms with Gasteiger partial charge in [-0.1, -0.05) is 17.3 Å². The molecule has 0 saturated heterocycles. The van der Waals surface area contributed by atoms with Gasteiger partial charge in [-0.25, -0.2) is 0 Å². The molecule has 0 aliphatic heterocycles. The zero-order valence-electron chi connectivity index (χ0n) is 16.4. The molecule has 0 amide bonds. The standard InChI is InChI=1S/C22H24F3NO4/c23-22(24,25)29-18-4-2-1-3-16(18)19-17(21(30-26-19)12-5-6-12)11-28-15-9-13-7-8-14(10-15)20(13)27/h1-4,12-15,20,27H,5-11H2/t13-,14+,15+,20+. The summed E-state index contributed by atoms with van der Waals surface area (Å²) in [5.74, 6) is 1.19. The number of rotatable bonds is 6. The van der Waals surface area contributed by atoms with Crippen molar-refractivity contribution in [3.63, 3.8) is 0 Å². The minimum Gasteiger partial charge on any atom is -0.405 e. The van der Waals surface area contributed by atoms with Crippen LogP contribution in [0.2, 0.25) is 0 Å². The van der Waals surface area contributed by atoms with E-state index in [1.54, 1.807) is 12.1 Å². The van der Waals surface area contributed by atoms with Gasteiger partial charge in [0.1, 0.15) is 17.2 Å². The quantitative estimate of drug-likeness (QED) is 0.693. The zero-order valence-corrected chi connectivity index (χ0v) is 16.4. The number of halogens is 3. The number of ether oxygens (including phenoxy) is 2. The van der Waals surface area contributed by atoms with Crippen LogP contribution in [0.25, 0.3) is 11.3 Å². The lowest BCUT2D eigenvalue weighted by atomic mass is 9.84. The fourth-order valence-corrected chi connectivity index (χ4v) is 4.99. The van der Waals surface area contributed by atoms with Crippen LogP contribution in [0.1, 0.15) is 55.8 Å². The number of benzene rings is 1. The van der Waals surface area contributed by atoms with Gasteiger partial charge in [-0.05, 0) is 62.5 Å². The van der Waals surface area contributed by atoms with Crippen LogP contribution in [-0.4, -0.2) is 28.8 Å². The molecule has 3 saturated carbocycles. The van der Waals surface area contributed by atoms with E-state index in [4.69, 9.17) is 9.26 Å². The summed E-state index contributed by atoms with van der Waals surface area (Å²) in [5.41, 5.74) is 1.29. The first-order valence-corrected chi connectivity index (χ1v) is 10.5. The maximum Gasteiger partial charge on any atom is 0.573 e. The number of alkyl halides is 3. The molecule has 1 heterocycles. The highest BCUT2D eigenvalue weighted by atomic mass is 19.4. The van der Waals surface area contributed by atoms with Crippen molar-refractivity contribution < 1.29 is 32.3 Å². The van der Waals surface area contributed by atoms with Crippen LogP contribution in [0.15, 0.2) is 28.8 Å². The van der Waals surface area contributed by atoms with Gasteiger partial charge in [0.25, 0.3) is 0 Å². The van der Waals surface area contributed by atoms with E-state index in [1.165, 1.54) is 12.1 Å². The van der Waals surface area contributed by atoms with Gasteiger partial charge in [0, 0.05) is 17.0 Å². The predicted molar refractivity (Wildman–Crippen MR) is 101 cm³/mol. The van der Waals surface area contributed by atoms with Crippen LogP contribution in [-0.2, 0) is 11.3 Å². The van der Waals surface area contributed by atoms with Gasteiger partial charge < -0.3 is 19.1 Å². The molecular formula is C22H24F3NO4. The lowest BCUT2D eigenvalue weighted by Crippen LogP contribution is -2.34. The Hall–Kier alpha value is -2.06. The molecule has 3 fully saturated rings. The van der Waals surface area contributed by atoms with Crippen molar-refractivity contribution in [2.45, 2.75) is 69.6 Å². The summed E-state index contributed by atoms with van der Waals surface area (Å²) in [7, 11) is 0. The molecule has 0 unspecified atom stereocenters. The van der Waals surface area contributed by atoms with Gasteiger partial charge in [0.15, 0.2) is 0 Å². The summed E-state index contributed by atoms with van der Waals surface area (Å²) < 4.78 is 54.6. The highest BCUT2D eigenvalue weighted by molar-refractivity contribution is 5.70. The van der Waals surface area contributed by atoms with Crippen LogP contribution in [0.3, 0.4) is 0 Å². The molecule has 1 aromatic carbocycles. The van der Waals surface area contributed by atoms with Crippen molar-refractivity contribution >= 4 is 0 Å². The second-order valence-corrected chi connectivity index (χ2v) is 8.68. The summed E-state index contributed by atoms with van der Waals surface area (Å²) in [6.45, 7) is 0.227. The monoisotopic (exact) mass is 423 g/mol. The van der Waals surface area contributed by atoms with Gasteiger partial charge in [-0.15, -0.1) is 13.2 Å². The number of aliphatic hydroxyl groups excluding tert-OH is 1. The largest absolute Gasteiger partial charge is 0.573 e. The Morgan fingerprint density at radius 2 is 1.77 bits per heavy atom. The van der Waals surface area contributed by atoms with Gasteiger partial charge in [0.05, 0.1) is 18.8 Å². The number of hydrogen-bond acceptors (Lipinski definition) is 5.